The van der Waals surface area contributed by atoms with Gasteiger partial charge in [0.1, 0.15) is 18.2 Å². The number of esters is 1. The Morgan fingerprint density at radius 3 is 2.51 bits per heavy atom. The second kappa shape index (κ2) is 12.4. The van der Waals surface area contributed by atoms with Gasteiger partial charge in [-0.05, 0) is 41.8 Å². The average molecular weight is 636 g/mol. The van der Waals surface area contributed by atoms with Gasteiger partial charge < -0.3 is 29.7 Å². The monoisotopic (exact) mass is 635 g/mol. The van der Waals surface area contributed by atoms with Crippen LogP contribution in [0, 0.1) is 11.8 Å². The molecule has 2 saturated heterocycles. The fourth-order valence-electron chi connectivity index (χ4n) is 7.49. The van der Waals surface area contributed by atoms with E-state index in [1.165, 1.54) is 4.90 Å². The summed E-state index contributed by atoms with van der Waals surface area (Å²) in [6.45, 7) is 1.39. The van der Waals surface area contributed by atoms with Gasteiger partial charge in [0.2, 0.25) is 11.8 Å². The van der Waals surface area contributed by atoms with Gasteiger partial charge in [-0.15, -0.1) is 0 Å². The van der Waals surface area contributed by atoms with Crippen molar-refractivity contribution in [2.75, 3.05) is 24.7 Å². The first-order chi connectivity index (χ1) is 22.8. The Hall–Kier alpha value is -4.80. The first-order valence-electron chi connectivity index (χ1n) is 16.1. The molecule has 5 bridgehead atoms. The molecule has 4 aliphatic heterocycles. The normalized spacial score (nSPS) is 30.7. The van der Waals surface area contributed by atoms with Gasteiger partial charge in [-0.25, -0.2) is 0 Å². The first-order valence-corrected chi connectivity index (χ1v) is 16.1. The third-order valence-corrected chi connectivity index (χ3v) is 9.80. The topological polar surface area (TPSA) is 125 Å². The number of likely N-dealkylation sites (tertiary alicyclic amines) is 1. The fourth-order valence-corrected chi connectivity index (χ4v) is 7.49. The second-order valence-corrected chi connectivity index (χ2v) is 12.6. The number of allylic oxidation sites excluding steroid dienone is 1. The van der Waals surface area contributed by atoms with Crippen molar-refractivity contribution in [3.8, 4) is 0 Å². The third kappa shape index (κ3) is 5.31. The van der Waals surface area contributed by atoms with Crippen LogP contribution < -0.4 is 10.2 Å². The van der Waals surface area contributed by atoms with Crippen molar-refractivity contribution < 1.29 is 33.8 Å². The molecule has 0 radical (unpaired) electrons. The van der Waals surface area contributed by atoms with Crippen molar-refractivity contribution >= 4 is 40.2 Å². The van der Waals surface area contributed by atoms with Gasteiger partial charge in [0.25, 0.3) is 5.91 Å². The molecule has 7 rings (SSSR count). The Morgan fingerprint density at radius 1 is 0.957 bits per heavy atom. The highest BCUT2D eigenvalue weighted by molar-refractivity contribution is 6.06. The minimum Gasteiger partial charge on any atom is -0.463 e. The highest BCUT2D eigenvalue weighted by atomic mass is 16.5. The van der Waals surface area contributed by atoms with Crippen molar-refractivity contribution in [3.05, 3.63) is 103 Å². The van der Waals surface area contributed by atoms with E-state index in [1.807, 2.05) is 84.9 Å². The summed E-state index contributed by atoms with van der Waals surface area (Å²) in [6.07, 6.45) is 6.95. The molecule has 3 aromatic carbocycles. The maximum absolute atomic E-state index is 14.9. The van der Waals surface area contributed by atoms with E-state index >= 15 is 0 Å². The van der Waals surface area contributed by atoms with Gasteiger partial charge >= 0.3 is 5.97 Å². The second-order valence-electron chi connectivity index (χ2n) is 12.6. The molecular weight excluding hydrogens is 598 g/mol. The summed E-state index contributed by atoms with van der Waals surface area (Å²) in [7, 11) is 0. The van der Waals surface area contributed by atoms with Crippen LogP contribution in [0.25, 0.3) is 10.8 Å². The van der Waals surface area contributed by atoms with Crippen LogP contribution in [0.1, 0.15) is 31.4 Å². The number of cyclic esters (lactones) is 1. The number of fused-ring (bicyclic) bond motifs is 3. The van der Waals surface area contributed by atoms with E-state index in [0.717, 1.165) is 16.3 Å². The van der Waals surface area contributed by atoms with Gasteiger partial charge in [-0.1, -0.05) is 85.0 Å². The number of nitrogens with zero attached hydrogens (tertiary/aromatic N) is 2. The molecule has 4 aliphatic rings. The number of aliphatic hydroxyl groups is 1. The van der Waals surface area contributed by atoms with Crippen molar-refractivity contribution in [1.29, 1.82) is 0 Å². The molecule has 47 heavy (non-hydrogen) atoms. The van der Waals surface area contributed by atoms with Crippen molar-refractivity contribution in [2.24, 2.45) is 11.8 Å². The lowest BCUT2D eigenvalue weighted by molar-refractivity contribution is -0.146. The number of ether oxygens (including phenoxy) is 2. The Morgan fingerprint density at radius 2 is 1.72 bits per heavy atom. The number of carbonyl (C=O) groups is 4. The number of anilines is 1. The SMILES string of the molecule is C[C@H](CO)N1C(=O)[C@@H]2[C@H]3C(=O)N[C@@H](c4ccccc4)COC(=O)CC/C=C\CN(c4ccc5ccccc5c4)C(=O)[C@@H]1[C@]21C=C[C@H]3O1. The van der Waals surface area contributed by atoms with Crippen LogP contribution in [-0.4, -0.2) is 77.2 Å². The molecular formula is C37H37N3O7. The quantitative estimate of drug-likeness (QED) is 0.332. The van der Waals surface area contributed by atoms with E-state index in [9.17, 15) is 24.3 Å². The standard InChI is InChI=1S/C37H37N3O7/c1-23(21-41)40-33-36(45)39(27-16-15-24-10-7-8-13-26(24)20-27)19-9-3-6-14-30(42)46-22-28(25-11-4-2-5-12-25)38-34(43)31-29-17-18-37(33,47-29)32(31)35(40)44/h2-5,7-13,15-18,20,23,28-29,31-33,41H,6,14,19,21-22H2,1H3,(H,38,43)/b9-3-/t23-,28-,29-,31+,32+,33-,37+/m1/s1. The maximum Gasteiger partial charge on any atom is 0.306 e. The molecule has 3 amide bonds. The average Bonchev–Trinajstić information content (AvgIpc) is 3.74. The smallest absolute Gasteiger partial charge is 0.306 e. The zero-order chi connectivity index (χ0) is 32.7. The van der Waals surface area contributed by atoms with Gasteiger partial charge in [0.05, 0.1) is 36.6 Å². The van der Waals surface area contributed by atoms with Crippen LogP contribution in [0.2, 0.25) is 0 Å². The number of benzene rings is 3. The molecule has 0 aliphatic carbocycles. The summed E-state index contributed by atoms with van der Waals surface area (Å²) in [5.74, 6) is -3.60. The van der Waals surface area contributed by atoms with Crippen LogP contribution in [0.4, 0.5) is 5.69 Å². The fraction of sp³-hybridized carbons (Fsp3) is 0.351. The van der Waals surface area contributed by atoms with E-state index in [4.69, 9.17) is 9.47 Å². The molecule has 0 aromatic heterocycles. The van der Waals surface area contributed by atoms with Crippen molar-refractivity contribution in [3.63, 3.8) is 0 Å². The van der Waals surface area contributed by atoms with E-state index < -0.39 is 65.4 Å². The van der Waals surface area contributed by atoms with Gasteiger partial charge in [0, 0.05) is 18.7 Å². The highest BCUT2D eigenvalue weighted by Crippen LogP contribution is 2.56. The predicted octanol–water partition coefficient (Wildman–Crippen LogP) is 3.45. The minimum absolute atomic E-state index is 0.0827. The number of aliphatic hydroxyl groups excluding tert-OH is 1. The van der Waals surface area contributed by atoms with Crippen molar-refractivity contribution in [2.45, 2.75) is 49.6 Å². The molecule has 0 saturated carbocycles. The minimum atomic E-state index is -1.41. The summed E-state index contributed by atoms with van der Waals surface area (Å²) in [4.78, 5) is 59.2. The summed E-state index contributed by atoms with van der Waals surface area (Å²) in [5, 5.41) is 15.3. The molecule has 7 atom stereocenters. The Labute approximate surface area is 272 Å². The van der Waals surface area contributed by atoms with E-state index in [0.29, 0.717) is 12.1 Å². The maximum atomic E-state index is 14.9. The summed E-state index contributed by atoms with van der Waals surface area (Å²) in [6, 6.07) is 20.2. The summed E-state index contributed by atoms with van der Waals surface area (Å²) >= 11 is 0. The molecule has 10 nitrogen and oxygen atoms in total. The van der Waals surface area contributed by atoms with Gasteiger partial charge in [0.15, 0.2) is 0 Å². The lowest BCUT2D eigenvalue weighted by atomic mass is 9.74. The number of rotatable bonds is 4. The number of amides is 3. The van der Waals surface area contributed by atoms with Crippen LogP contribution in [0.5, 0.6) is 0 Å². The highest BCUT2D eigenvalue weighted by Gasteiger charge is 2.73. The van der Waals surface area contributed by atoms with Crippen LogP contribution in [0.3, 0.4) is 0 Å². The van der Waals surface area contributed by atoms with Gasteiger partial charge in [-0.2, -0.15) is 0 Å². The summed E-state index contributed by atoms with van der Waals surface area (Å²) < 4.78 is 12.2. The lowest BCUT2D eigenvalue weighted by Crippen LogP contribution is -2.58. The molecule has 2 N–H and O–H groups in total. The first kappa shape index (κ1) is 30.8. The zero-order valence-corrected chi connectivity index (χ0v) is 26.0. The third-order valence-electron chi connectivity index (χ3n) is 9.80. The van der Waals surface area contributed by atoms with E-state index in [2.05, 4.69) is 5.32 Å². The molecule has 2 fully saturated rings. The Kier molecular flexibility index (Phi) is 8.15. The lowest BCUT2D eigenvalue weighted by Gasteiger charge is -2.37. The number of hydrogen-bond acceptors (Lipinski definition) is 7. The number of carbonyl (C=O) groups excluding carboxylic acids is 4. The van der Waals surface area contributed by atoms with Crippen LogP contribution in [-0.2, 0) is 28.7 Å². The molecule has 10 heteroatoms. The molecule has 1 spiro atoms. The predicted molar refractivity (Wildman–Crippen MR) is 174 cm³/mol. The molecule has 0 unspecified atom stereocenters. The van der Waals surface area contributed by atoms with E-state index in [-0.39, 0.29) is 26.2 Å². The Balaban J connectivity index is 1.32. The molecule has 4 heterocycles. The van der Waals surface area contributed by atoms with Crippen LogP contribution >= 0.6 is 0 Å². The molecule has 242 valence electrons. The van der Waals surface area contributed by atoms with E-state index in [1.54, 1.807) is 24.0 Å². The Bertz CT molecular complexity index is 1770. The number of hydrogen-bond donors (Lipinski definition) is 2. The largest absolute Gasteiger partial charge is 0.463 e. The molecule has 3 aromatic rings. The van der Waals surface area contributed by atoms with Crippen LogP contribution in [0.15, 0.2) is 97.1 Å². The van der Waals surface area contributed by atoms with Crippen molar-refractivity contribution in [1.82, 2.24) is 10.2 Å². The summed E-state index contributed by atoms with van der Waals surface area (Å²) in [5.41, 5.74) is -0.0459. The number of nitrogens with one attached hydrogen (secondary N) is 1. The van der Waals surface area contributed by atoms with Gasteiger partial charge in [-0.3, -0.25) is 19.2 Å². The zero-order valence-electron chi connectivity index (χ0n) is 26.0.